The van der Waals surface area contributed by atoms with Crippen molar-refractivity contribution in [1.29, 1.82) is 0 Å². The van der Waals surface area contributed by atoms with Crippen LogP contribution in [0, 0.1) is 11.8 Å². The van der Waals surface area contributed by atoms with Gasteiger partial charge in [-0.2, -0.15) is 0 Å². The number of nitrogens with two attached hydrogens (primary N) is 1. The largest absolute Gasteiger partial charge is 0.493 e. The molecule has 0 amide bonds. The van der Waals surface area contributed by atoms with E-state index in [2.05, 4.69) is 18.8 Å². The summed E-state index contributed by atoms with van der Waals surface area (Å²) in [6.07, 6.45) is 10.3. The minimum Gasteiger partial charge on any atom is -0.493 e. The second kappa shape index (κ2) is 9.54. The van der Waals surface area contributed by atoms with Crippen molar-refractivity contribution in [3.05, 3.63) is 24.0 Å². The maximum atomic E-state index is 10.8. The van der Waals surface area contributed by atoms with Gasteiger partial charge in [-0.15, -0.1) is 0 Å². The van der Waals surface area contributed by atoms with Gasteiger partial charge in [0, 0.05) is 30.4 Å². The lowest BCUT2D eigenvalue weighted by atomic mass is 9.85. The highest BCUT2D eigenvalue weighted by Crippen LogP contribution is 2.32. The second-order valence-electron chi connectivity index (χ2n) is 7.96. The SMILES string of the molecule is CCC(CC)CCC(N)C(C)(O)Cc1cc(OCCC2CC2)ccn1. The van der Waals surface area contributed by atoms with Crippen LogP contribution in [0.5, 0.6) is 5.75 Å². The predicted octanol–water partition coefficient (Wildman–Crippen LogP) is 4.10. The van der Waals surface area contributed by atoms with Crippen LogP contribution in [0.3, 0.4) is 0 Å². The van der Waals surface area contributed by atoms with E-state index in [4.69, 9.17) is 10.5 Å². The maximum Gasteiger partial charge on any atom is 0.122 e. The number of aliphatic hydroxyl groups is 1. The predicted molar refractivity (Wildman–Crippen MR) is 103 cm³/mol. The Kier molecular flexibility index (Phi) is 7.70. The fourth-order valence-corrected chi connectivity index (χ4v) is 3.31. The molecular weight excluding hydrogens is 312 g/mol. The van der Waals surface area contributed by atoms with E-state index < -0.39 is 5.60 Å². The minimum absolute atomic E-state index is 0.241. The summed E-state index contributed by atoms with van der Waals surface area (Å²) in [6, 6.07) is 3.59. The summed E-state index contributed by atoms with van der Waals surface area (Å²) in [4.78, 5) is 4.39. The van der Waals surface area contributed by atoms with Crippen LogP contribution in [0.25, 0.3) is 0 Å². The molecule has 3 N–H and O–H groups in total. The monoisotopic (exact) mass is 348 g/mol. The summed E-state index contributed by atoms with van der Waals surface area (Å²) in [5.74, 6) is 2.41. The molecule has 2 rings (SSSR count). The Morgan fingerprint density at radius 2 is 2.04 bits per heavy atom. The zero-order valence-corrected chi connectivity index (χ0v) is 16.2. The highest BCUT2D eigenvalue weighted by atomic mass is 16.5. The lowest BCUT2D eigenvalue weighted by Gasteiger charge is -2.31. The van der Waals surface area contributed by atoms with Crippen molar-refractivity contribution < 1.29 is 9.84 Å². The normalized spacial score (nSPS) is 18.2. The molecule has 0 aliphatic heterocycles. The Balaban J connectivity index is 1.84. The summed E-state index contributed by atoms with van der Waals surface area (Å²) in [5.41, 5.74) is 6.19. The number of pyridine rings is 1. The molecule has 142 valence electrons. The van der Waals surface area contributed by atoms with E-state index in [0.717, 1.165) is 43.2 Å². The van der Waals surface area contributed by atoms with E-state index in [1.807, 2.05) is 19.1 Å². The van der Waals surface area contributed by atoms with Crippen LogP contribution >= 0.6 is 0 Å². The fraction of sp³-hybridized carbons (Fsp3) is 0.762. The third kappa shape index (κ3) is 6.95. The molecule has 1 fully saturated rings. The van der Waals surface area contributed by atoms with Gasteiger partial charge < -0.3 is 15.6 Å². The molecule has 1 aromatic rings. The van der Waals surface area contributed by atoms with E-state index in [9.17, 15) is 5.11 Å². The molecule has 0 radical (unpaired) electrons. The molecule has 0 saturated heterocycles. The van der Waals surface area contributed by atoms with Gasteiger partial charge in [-0.3, -0.25) is 4.98 Å². The lowest BCUT2D eigenvalue weighted by molar-refractivity contribution is 0.0272. The van der Waals surface area contributed by atoms with Gasteiger partial charge in [0.25, 0.3) is 0 Å². The number of hydrogen-bond acceptors (Lipinski definition) is 4. The van der Waals surface area contributed by atoms with Crippen LogP contribution in [-0.2, 0) is 6.42 Å². The topological polar surface area (TPSA) is 68.4 Å². The molecule has 1 aromatic heterocycles. The fourth-order valence-electron chi connectivity index (χ4n) is 3.31. The molecule has 4 heteroatoms. The summed E-state index contributed by atoms with van der Waals surface area (Å²) in [5, 5.41) is 10.8. The van der Waals surface area contributed by atoms with E-state index in [1.54, 1.807) is 6.20 Å². The van der Waals surface area contributed by atoms with E-state index in [-0.39, 0.29) is 6.04 Å². The number of hydrogen-bond donors (Lipinski definition) is 2. The first-order valence-corrected chi connectivity index (χ1v) is 10.00. The molecule has 4 nitrogen and oxygen atoms in total. The maximum absolute atomic E-state index is 10.8. The molecule has 2 atom stereocenters. The molecule has 2 unspecified atom stereocenters. The van der Waals surface area contributed by atoms with Crippen LogP contribution in [0.4, 0.5) is 0 Å². The van der Waals surface area contributed by atoms with E-state index in [0.29, 0.717) is 12.3 Å². The molecule has 1 heterocycles. The Bertz CT molecular complexity index is 510. The molecular formula is C21H36N2O2. The van der Waals surface area contributed by atoms with Gasteiger partial charge in [0.05, 0.1) is 12.2 Å². The van der Waals surface area contributed by atoms with Crippen molar-refractivity contribution in [3.63, 3.8) is 0 Å². The number of nitrogens with zero attached hydrogens (tertiary/aromatic N) is 1. The van der Waals surface area contributed by atoms with Gasteiger partial charge in [0.1, 0.15) is 5.75 Å². The number of rotatable bonds is 12. The number of ether oxygens (including phenoxy) is 1. The molecule has 0 aromatic carbocycles. The van der Waals surface area contributed by atoms with Crippen molar-refractivity contribution in [2.45, 2.75) is 83.8 Å². The standard InChI is InChI=1S/C21H36N2O2/c1-4-16(5-2)8-9-20(22)21(3,24)15-18-14-19(10-12-23-18)25-13-11-17-6-7-17/h10,12,14,16-17,20,24H,4-9,11,13,15,22H2,1-3H3. The van der Waals surface area contributed by atoms with Gasteiger partial charge in [-0.05, 0) is 44.1 Å². The average molecular weight is 349 g/mol. The lowest BCUT2D eigenvalue weighted by Crippen LogP contribution is -2.47. The Hall–Kier alpha value is -1.13. The van der Waals surface area contributed by atoms with Crippen molar-refractivity contribution in [2.24, 2.45) is 17.6 Å². The first-order valence-electron chi connectivity index (χ1n) is 10.00. The summed E-state index contributed by atoms with van der Waals surface area (Å²) in [6.45, 7) is 7.03. The highest BCUT2D eigenvalue weighted by molar-refractivity contribution is 5.23. The Morgan fingerprint density at radius 1 is 1.32 bits per heavy atom. The van der Waals surface area contributed by atoms with Crippen molar-refractivity contribution >= 4 is 0 Å². The molecule has 1 aliphatic rings. The molecule has 1 saturated carbocycles. The zero-order valence-electron chi connectivity index (χ0n) is 16.2. The third-order valence-electron chi connectivity index (χ3n) is 5.66. The smallest absolute Gasteiger partial charge is 0.122 e. The van der Waals surface area contributed by atoms with Crippen LogP contribution in [0.2, 0.25) is 0 Å². The molecule has 25 heavy (non-hydrogen) atoms. The van der Waals surface area contributed by atoms with Crippen LogP contribution in [0.1, 0.15) is 71.4 Å². The quantitative estimate of drug-likeness (QED) is 0.597. The Morgan fingerprint density at radius 3 is 2.68 bits per heavy atom. The third-order valence-corrected chi connectivity index (χ3v) is 5.66. The minimum atomic E-state index is -0.953. The summed E-state index contributed by atoms with van der Waals surface area (Å²) in [7, 11) is 0. The zero-order chi connectivity index (χ0) is 18.3. The van der Waals surface area contributed by atoms with Gasteiger partial charge in [0.15, 0.2) is 0 Å². The van der Waals surface area contributed by atoms with Gasteiger partial charge >= 0.3 is 0 Å². The Labute approximate surface area is 153 Å². The van der Waals surface area contributed by atoms with Gasteiger partial charge in [-0.1, -0.05) is 39.5 Å². The number of aromatic nitrogens is 1. The first kappa shape index (κ1) is 20.2. The van der Waals surface area contributed by atoms with Gasteiger partial charge in [0.2, 0.25) is 0 Å². The van der Waals surface area contributed by atoms with Crippen LogP contribution in [0.15, 0.2) is 18.3 Å². The average Bonchev–Trinajstić information content (AvgIpc) is 3.40. The molecule has 0 spiro atoms. The summed E-state index contributed by atoms with van der Waals surface area (Å²) >= 11 is 0. The second-order valence-corrected chi connectivity index (χ2v) is 7.96. The van der Waals surface area contributed by atoms with Crippen molar-refractivity contribution in [2.75, 3.05) is 6.61 Å². The van der Waals surface area contributed by atoms with Crippen molar-refractivity contribution in [3.8, 4) is 5.75 Å². The highest BCUT2D eigenvalue weighted by Gasteiger charge is 2.30. The van der Waals surface area contributed by atoms with Gasteiger partial charge in [-0.25, -0.2) is 0 Å². The van der Waals surface area contributed by atoms with Crippen molar-refractivity contribution in [1.82, 2.24) is 4.98 Å². The van der Waals surface area contributed by atoms with Crippen LogP contribution < -0.4 is 10.5 Å². The summed E-state index contributed by atoms with van der Waals surface area (Å²) < 4.78 is 5.83. The van der Waals surface area contributed by atoms with E-state index in [1.165, 1.54) is 25.7 Å². The molecule has 1 aliphatic carbocycles. The van der Waals surface area contributed by atoms with E-state index >= 15 is 0 Å². The van der Waals surface area contributed by atoms with Crippen LogP contribution in [-0.4, -0.2) is 28.3 Å². The first-order chi connectivity index (χ1) is 11.9. The molecule has 0 bridgehead atoms.